The smallest absolute Gasteiger partial charge is 0.121 e. The van der Waals surface area contributed by atoms with E-state index in [0.29, 0.717) is 0 Å². The van der Waals surface area contributed by atoms with Gasteiger partial charge in [0, 0.05) is 0 Å². The Balaban J connectivity index is 2.29. The molecule has 1 aliphatic carbocycles. The van der Waals surface area contributed by atoms with Gasteiger partial charge in [-0.25, -0.2) is 0 Å². The molecule has 2 N–H and O–H groups in total. The van der Waals surface area contributed by atoms with Crippen LogP contribution in [0.15, 0.2) is 34.9 Å². The molecule has 0 spiro atoms. The topological polar surface area (TPSA) is 53.0 Å². The van der Waals surface area contributed by atoms with E-state index in [1.54, 1.807) is 0 Å². The second-order valence-corrected chi connectivity index (χ2v) is 7.64. The van der Waals surface area contributed by atoms with Gasteiger partial charge in [0.05, 0.1) is 6.10 Å². The summed E-state index contributed by atoms with van der Waals surface area (Å²) in [7, 11) is 0. The molecule has 4 atom stereocenters. The third kappa shape index (κ3) is 4.34. The highest BCUT2D eigenvalue weighted by Gasteiger charge is 2.59. The van der Waals surface area contributed by atoms with E-state index in [4.69, 9.17) is 4.74 Å². The summed E-state index contributed by atoms with van der Waals surface area (Å²) in [5, 5.41) is 21.3. The van der Waals surface area contributed by atoms with E-state index in [0.717, 1.165) is 31.3 Å². The summed E-state index contributed by atoms with van der Waals surface area (Å²) in [4.78, 5) is 0. The number of aliphatic hydroxyl groups excluding tert-OH is 2. The molecule has 0 radical (unpaired) electrons. The first kappa shape index (κ1) is 18.4. The van der Waals surface area contributed by atoms with Gasteiger partial charge >= 0.3 is 0 Å². The summed E-state index contributed by atoms with van der Waals surface area (Å²) in [6.45, 7) is 10.3. The molecule has 0 saturated carbocycles. The zero-order valence-corrected chi connectivity index (χ0v) is 15.2. The van der Waals surface area contributed by atoms with Gasteiger partial charge in [-0.05, 0) is 57.9 Å². The van der Waals surface area contributed by atoms with Crippen LogP contribution in [0.3, 0.4) is 0 Å². The Morgan fingerprint density at radius 2 is 1.83 bits per heavy atom. The maximum Gasteiger partial charge on any atom is 0.121 e. The lowest BCUT2D eigenvalue weighted by molar-refractivity contribution is -0.0108. The molecule has 2 aliphatic rings. The van der Waals surface area contributed by atoms with Gasteiger partial charge in [0.2, 0.25) is 0 Å². The second-order valence-electron chi connectivity index (χ2n) is 7.64. The number of ether oxygens (including phenoxy) is 1. The van der Waals surface area contributed by atoms with Gasteiger partial charge in [-0.2, -0.15) is 0 Å². The Labute approximate surface area is 140 Å². The number of epoxide rings is 1. The summed E-state index contributed by atoms with van der Waals surface area (Å²) in [5.41, 5.74) is 2.91. The lowest BCUT2D eigenvalue weighted by Gasteiger charge is -2.26. The van der Waals surface area contributed by atoms with Crippen LogP contribution in [0.1, 0.15) is 60.3 Å². The third-order valence-electron chi connectivity index (χ3n) is 5.27. The van der Waals surface area contributed by atoms with E-state index in [-0.39, 0.29) is 12.0 Å². The third-order valence-corrected chi connectivity index (χ3v) is 5.27. The van der Waals surface area contributed by atoms with Crippen molar-refractivity contribution in [2.24, 2.45) is 5.92 Å². The zero-order chi connectivity index (χ0) is 17.2. The van der Waals surface area contributed by atoms with Crippen LogP contribution in [0, 0.1) is 5.92 Å². The van der Waals surface area contributed by atoms with Crippen LogP contribution in [0.4, 0.5) is 0 Å². The minimum atomic E-state index is -0.887. The van der Waals surface area contributed by atoms with Crippen molar-refractivity contribution < 1.29 is 14.9 Å². The van der Waals surface area contributed by atoms with E-state index in [2.05, 4.69) is 26.0 Å². The number of allylic oxidation sites excluding steroid dienone is 5. The molecule has 3 heteroatoms. The molecule has 0 amide bonds. The quantitative estimate of drug-likeness (QED) is 0.569. The van der Waals surface area contributed by atoms with Gasteiger partial charge in [0.1, 0.15) is 17.8 Å². The number of hydrogen-bond acceptors (Lipinski definition) is 3. The van der Waals surface area contributed by atoms with Crippen LogP contribution < -0.4 is 0 Å². The predicted molar refractivity (Wildman–Crippen MR) is 94.2 cm³/mol. The van der Waals surface area contributed by atoms with Crippen molar-refractivity contribution in [2.45, 2.75) is 84.2 Å². The number of fused-ring (bicyclic) bond motifs is 1. The molecule has 23 heavy (non-hydrogen) atoms. The van der Waals surface area contributed by atoms with Crippen molar-refractivity contribution in [1.29, 1.82) is 0 Å². The molecule has 1 saturated heterocycles. The fourth-order valence-electron chi connectivity index (χ4n) is 3.34. The largest absolute Gasteiger partial charge is 0.387 e. The van der Waals surface area contributed by atoms with Gasteiger partial charge in [-0.15, -0.1) is 0 Å². The highest BCUT2D eigenvalue weighted by Crippen LogP contribution is 2.44. The SMILES string of the molecule is C/C1=C\C=C(\C(C)C)C(O)C(O)C2(C)OC2CC/C(C)=C/CC1. The van der Waals surface area contributed by atoms with Gasteiger partial charge in [0.25, 0.3) is 0 Å². The highest BCUT2D eigenvalue weighted by atomic mass is 16.6. The van der Waals surface area contributed by atoms with Crippen LogP contribution in [0.25, 0.3) is 0 Å². The molecule has 4 unspecified atom stereocenters. The molecule has 0 aromatic carbocycles. The highest BCUT2D eigenvalue weighted by molar-refractivity contribution is 5.25. The molecule has 130 valence electrons. The minimum Gasteiger partial charge on any atom is -0.387 e. The standard InChI is InChI=1S/C20H32O3/c1-13(2)16-11-9-14(3)7-6-8-15(4)10-12-17-20(5,23-17)19(22)18(16)21/h8-9,11,13,17-19,21-22H,6-7,10,12H2,1-5H3/b14-9+,15-8+,16-11-. The van der Waals surface area contributed by atoms with Crippen LogP contribution in [-0.4, -0.2) is 34.1 Å². The van der Waals surface area contributed by atoms with Crippen molar-refractivity contribution in [2.75, 3.05) is 0 Å². The van der Waals surface area contributed by atoms with Gasteiger partial charge < -0.3 is 14.9 Å². The molecule has 1 aliphatic heterocycles. The Morgan fingerprint density at radius 3 is 2.48 bits per heavy atom. The van der Waals surface area contributed by atoms with E-state index < -0.39 is 17.8 Å². The Hall–Kier alpha value is -0.900. The summed E-state index contributed by atoms with van der Waals surface area (Å²) < 4.78 is 5.78. The summed E-state index contributed by atoms with van der Waals surface area (Å²) >= 11 is 0. The van der Waals surface area contributed by atoms with Gasteiger partial charge in [-0.3, -0.25) is 0 Å². The lowest BCUT2D eigenvalue weighted by Crippen LogP contribution is -2.41. The van der Waals surface area contributed by atoms with Crippen molar-refractivity contribution in [3.8, 4) is 0 Å². The summed E-state index contributed by atoms with van der Waals surface area (Å²) in [6, 6.07) is 0. The average Bonchev–Trinajstić information content (AvgIpc) is 3.15. The summed E-state index contributed by atoms with van der Waals surface area (Å²) in [5.74, 6) is 0.180. The first-order valence-electron chi connectivity index (χ1n) is 8.82. The zero-order valence-electron chi connectivity index (χ0n) is 15.2. The van der Waals surface area contributed by atoms with E-state index in [1.807, 2.05) is 26.8 Å². The fraction of sp³-hybridized carbons (Fsp3) is 0.700. The average molecular weight is 320 g/mol. The molecule has 0 bridgehead atoms. The van der Waals surface area contributed by atoms with Crippen molar-refractivity contribution >= 4 is 0 Å². The Bertz CT molecular complexity index is 515. The Morgan fingerprint density at radius 1 is 1.13 bits per heavy atom. The molecule has 1 fully saturated rings. The first-order chi connectivity index (χ1) is 10.8. The molecule has 1 heterocycles. The normalized spacial score (nSPS) is 43.3. The maximum absolute atomic E-state index is 10.7. The number of rotatable bonds is 1. The van der Waals surface area contributed by atoms with Gasteiger partial charge in [-0.1, -0.05) is 43.2 Å². The molecular formula is C20H32O3. The second kappa shape index (κ2) is 7.33. The van der Waals surface area contributed by atoms with E-state index in [1.165, 1.54) is 11.1 Å². The maximum atomic E-state index is 10.7. The van der Waals surface area contributed by atoms with Crippen LogP contribution >= 0.6 is 0 Å². The van der Waals surface area contributed by atoms with E-state index in [9.17, 15) is 10.2 Å². The number of aliphatic hydroxyl groups is 2. The Kier molecular flexibility index (Phi) is 5.88. The molecule has 0 aromatic rings. The molecular weight excluding hydrogens is 288 g/mol. The molecule has 0 aromatic heterocycles. The van der Waals surface area contributed by atoms with Crippen molar-refractivity contribution in [3.05, 3.63) is 34.9 Å². The van der Waals surface area contributed by atoms with Crippen LogP contribution in [-0.2, 0) is 4.74 Å². The molecule has 3 nitrogen and oxygen atoms in total. The van der Waals surface area contributed by atoms with Crippen molar-refractivity contribution in [3.63, 3.8) is 0 Å². The number of hydrogen-bond donors (Lipinski definition) is 2. The van der Waals surface area contributed by atoms with E-state index >= 15 is 0 Å². The van der Waals surface area contributed by atoms with Crippen molar-refractivity contribution in [1.82, 2.24) is 0 Å². The molecule has 2 rings (SSSR count). The lowest BCUT2D eigenvalue weighted by atomic mass is 9.85. The monoisotopic (exact) mass is 320 g/mol. The van der Waals surface area contributed by atoms with Crippen LogP contribution in [0.2, 0.25) is 0 Å². The van der Waals surface area contributed by atoms with Crippen LogP contribution in [0.5, 0.6) is 0 Å². The first-order valence-corrected chi connectivity index (χ1v) is 8.82. The summed E-state index contributed by atoms with van der Waals surface area (Å²) in [6.07, 6.45) is 8.59. The van der Waals surface area contributed by atoms with Gasteiger partial charge in [0.15, 0.2) is 0 Å². The predicted octanol–water partition coefficient (Wildman–Crippen LogP) is 3.91. The minimum absolute atomic E-state index is 0.0316. The fourth-order valence-corrected chi connectivity index (χ4v) is 3.34.